The van der Waals surface area contributed by atoms with Gasteiger partial charge in [0.05, 0.1) is 13.2 Å². The predicted octanol–water partition coefficient (Wildman–Crippen LogP) is 0.850. The van der Waals surface area contributed by atoms with E-state index in [1.165, 1.54) is 12.8 Å². The maximum absolute atomic E-state index is 12.7. The van der Waals surface area contributed by atoms with Gasteiger partial charge in [0.2, 0.25) is 11.9 Å². The van der Waals surface area contributed by atoms with Crippen LogP contribution in [0.4, 0.5) is 17.5 Å². The number of nitrogens with zero attached hydrogens (tertiary/aromatic N) is 6. The number of nitrogens with two attached hydrogens (primary N) is 1. The summed E-state index contributed by atoms with van der Waals surface area (Å²) in [6.07, 6.45) is 6.75. The molecule has 0 radical (unpaired) electrons. The van der Waals surface area contributed by atoms with Crippen LogP contribution in [-0.2, 0) is 9.53 Å². The van der Waals surface area contributed by atoms with Crippen LogP contribution in [0.15, 0.2) is 36.4 Å². The van der Waals surface area contributed by atoms with Crippen LogP contribution >= 0.6 is 0 Å². The zero-order valence-electron chi connectivity index (χ0n) is 22.6. The second-order valence-electron chi connectivity index (χ2n) is 10.3. The molecule has 13 nitrogen and oxygen atoms in total. The van der Waals surface area contributed by atoms with Crippen LogP contribution in [0.5, 0.6) is 0 Å². The molecular weight excluding hydrogens is 514 g/mol. The SMILES string of the molecule is CN(CC=CC(=O)N1CCC(Nc2nnc(C(N)=O)c(Nc3ccc(C(=O)N4CCOCC4)cc3)n2)C1)C1CC1. The van der Waals surface area contributed by atoms with Crippen molar-refractivity contribution in [3.05, 3.63) is 47.7 Å². The van der Waals surface area contributed by atoms with Crippen molar-refractivity contribution in [3.63, 3.8) is 0 Å². The Hall–Kier alpha value is -4.10. The van der Waals surface area contributed by atoms with Crippen molar-refractivity contribution in [2.45, 2.75) is 31.3 Å². The number of amides is 3. The molecule has 13 heteroatoms. The van der Waals surface area contributed by atoms with Gasteiger partial charge in [0.25, 0.3) is 11.8 Å². The molecule has 4 N–H and O–H groups in total. The average molecular weight is 550 g/mol. The smallest absolute Gasteiger partial charge is 0.273 e. The number of rotatable bonds is 10. The molecular formula is C27H35N9O4. The lowest BCUT2D eigenvalue weighted by molar-refractivity contribution is -0.125. The number of anilines is 3. The molecule has 3 fully saturated rings. The third-order valence-corrected chi connectivity index (χ3v) is 7.27. The summed E-state index contributed by atoms with van der Waals surface area (Å²) >= 11 is 0. The average Bonchev–Trinajstić information content (AvgIpc) is 3.72. The van der Waals surface area contributed by atoms with E-state index in [9.17, 15) is 14.4 Å². The van der Waals surface area contributed by atoms with E-state index in [4.69, 9.17) is 10.5 Å². The minimum Gasteiger partial charge on any atom is -0.378 e. The molecule has 1 aliphatic carbocycles. The predicted molar refractivity (Wildman–Crippen MR) is 148 cm³/mol. The summed E-state index contributed by atoms with van der Waals surface area (Å²) in [5.74, 6) is -0.495. The first-order chi connectivity index (χ1) is 19.4. The quantitative estimate of drug-likeness (QED) is 0.363. The highest BCUT2D eigenvalue weighted by atomic mass is 16.5. The number of aromatic nitrogens is 3. The fourth-order valence-electron chi connectivity index (χ4n) is 4.77. The van der Waals surface area contributed by atoms with Crippen molar-refractivity contribution in [1.29, 1.82) is 0 Å². The van der Waals surface area contributed by atoms with E-state index >= 15 is 0 Å². The molecule has 1 aromatic carbocycles. The third-order valence-electron chi connectivity index (χ3n) is 7.27. The number of hydrogen-bond acceptors (Lipinski definition) is 10. The van der Waals surface area contributed by atoms with Crippen LogP contribution in [0.25, 0.3) is 0 Å². The van der Waals surface area contributed by atoms with Crippen molar-refractivity contribution in [1.82, 2.24) is 29.9 Å². The summed E-state index contributed by atoms with van der Waals surface area (Å²) < 4.78 is 5.31. The highest BCUT2D eigenvalue weighted by Crippen LogP contribution is 2.25. The number of morpholine rings is 1. The molecule has 2 aliphatic heterocycles. The highest BCUT2D eigenvalue weighted by Gasteiger charge is 2.27. The van der Waals surface area contributed by atoms with Crippen molar-refractivity contribution >= 4 is 35.2 Å². The van der Waals surface area contributed by atoms with Crippen LogP contribution < -0.4 is 16.4 Å². The molecule has 0 bridgehead atoms. The Morgan fingerprint density at radius 3 is 2.52 bits per heavy atom. The molecule has 1 atom stereocenters. The number of carbonyl (C=O) groups excluding carboxylic acids is 3. The van der Waals surface area contributed by atoms with Crippen molar-refractivity contribution in [2.24, 2.45) is 5.73 Å². The van der Waals surface area contributed by atoms with Crippen LogP contribution in [0.3, 0.4) is 0 Å². The van der Waals surface area contributed by atoms with Gasteiger partial charge in [-0.2, -0.15) is 4.98 Å². The van der Waals surface area contributed by atoms with E-state index < -0.39 is 5.91 Å². The topological polar surface area (TPSA) is 159 Å². The first-order valence-electron chi connectivity index (χ1n) is 13.6. The van der Waals surface area contributed by atoms with Gasteiger partial charge in [-0.05, 0) is 50.6 Å². The Balaban J connectivity index is 1.19. The molecule has 3 heterocycles. The fraction of sp³-hybridized carbons (Fsp3) is 0.481. The molecule has 2 aromatic rings. The van der Waals surface area contributed by atoms with Crippen LogP contribution in [0.1, 0.15) is 40.1 Å². The second kappa shape index (κ2) is 12.4. The van der Waals surface area contributed by atoms with Gasteiger partial charge in [-0.3, -0.25) is 19.3 Å². The number of likely N-dealkylation sites (tertiary alicyclic amines) is 1. The van der Waals surface area contributed by atoms with E-state index in [1.807, 2.05) is 6.08 Å². The Morgan fingerprint density at radius 1 is 1.07 bits per heavy atom. The van der Waals surface area contributed by atoms with Gasteiger partial charge in [0, 0.05) is 62.1 Å². The van der Waals surface area contributed by atoms with Gasteiger partial charge in [0.1, 0.15) is 0 Å². The largest absolute Gasteiger partial charge is 0.378 e. The Kier molecular flexibility index (Phi) is 8.51. The van der Waals surface area contributed by atoms with Gasteiger partial charge >= 0.3 is 0 Å². The van der Waals surface area contributed by atoms with E-state index in [1.54, 1.807) is 40.1 Å². The van der Waals surface area contributed by atoms with E-state index in [0.29, 0.717) is 56.7 Å². The molecule has 2 saturated heterocycles. The Labute approximate surface area is 232 Å². The number of benzene rings is 1. The summed E-state index contributed by atoms with van der Waals surface area (Å²) in [6.45, 7) is 4.07. The van der Waals surface area contributed by atoms with E-state index in [2.05, 4.69) is 37.8 Å². The van der Waals surface area contributed by atoms with Gasteiger partial charge in [-0.25, -0.2) is 0 Å². The molecule has 40 heavy (non-hydrogen) atoms. The minimum absolute atomic E-state index is 0.0190. The summed E-state index contributed by atoms with van der Waals surface area (Å²) in [7, 11) is 2.08. The number of ether oxygens (including phenoxy) is 1. The molecule has 5 rings (SSSR count). The lowest BCUT2D eigenvalue weighted by atomic mass is 10.1. The molecule has 3 amide bonds. The van der Waals surface area contributed by atoms with Crippen molar-refractivity contribution in [2.75, 3.05) is 63.6 Å². The standard InChI is InChI=1S/C27H35N9O4/c1-34(21-8-9-21)11-2-3-22(37)36-12-10-20(17-36)30-27-31-25(23(24(28)38)32-33-27)29-19-6-4-18(5-7-19)26(39)35-13-15-40-16-14-35/h2-7,20-21H,8-17H2,1H3,(H2,28,38)(H2,29,30,31,33). The number of hydrogen-bond donors (Lipinski definition) is 3. The van der Waals surface area contributed by atoms with Crippen LogP contribution in [-0.4, -0.2) is 113 Å². The van der Waals surface area contributed by atoms with Crippen molar-refractivity contribution < 1.29 is 19.1 Å². The van der Waals surface area contributed by atoms with Gasteiger partial charge < -0.3 is 30.9 Å². The lowest BCUT2D eigenvalue weighted by Crippen LogP contribution is -2.40. The monoisotopic (exact) mass is 549 g/mol. The van der Waals surface area contributed by atoms with Crippen molar-refractivity contribution in [3.8, 4) is 0 Å². The third kappa shape index (κ3) is 6.90. The maximum atomic E-state index is 12.7. The summed E-state index contributed by atoms with van der Waals surface area (Å²) in [5, 5.41) is 14.3. The fourth-order valence-corrected chi connectivity index (χ4v) is 4.77. The summed E-state index contributed by atoms with van der Waals surface area (Å²) in [4.78, 5) is 47.5. The van der Waals surface area contributed by atoms with Crippen LogP contribution in [0, 0.1) is 0 Å². The number of likely N-dealkylation sites (N-methyl/N-ethyl adjacent to an activating group) is 1. The summed E-state index contributed by atoms with van der Waals surface area (Å²) in [5.41, 5.74) is 6.55. The molecule has 1 unspecified atom stereocenters. The van der Waals surface area contributed by atoms with Gasteiger partial charge in [0.15, 0.2) is 11.5 Å². The zero-order valence-corrected chi connectivity index (χ0v) is 22.6. The first-order valence-corrected chi connectivity index (χ1v) is 13.6. The molecule has 3 aliphatic rings. The minimum atomic E-state index is -0.773. The van der Waals surface area contributed by atoms with Gasteiger partial charge in [-0.15, -0.1) is 10.2 Å². The maximum Gasteiger partial charge on any atom is 0.273 e. The molecule has 1 saturated carbocycles. The molecule has 0 spiro atoms. The highest BCUT2D eigenvalue weighted by molar-refractivity contribution is 5.97. The van der Waals surface area contributed by atoms with E-state index in [0.717, 1.165) is 13.0 Å². The molecule has 1 aromatic heterocycles. The van der Waals surface area contributed by atoms with E-state index in [-0.39, 0.29) is 35.3 Å². The Morgan fingerprint density at radius 2 is 1.82 bits per heavy atom. The van der Waals surface area contributed by atoms with Crippen LogP contribution in [0.2, 0.25) is 0 Å². The number of nitrogens with one attached hydrogen (secondary N) is 2. The Bertz CT molecular complexity index is 1260. The lowest BCUT2D eigenvalue weighted by Gasteiger charge is -2.26. The molecule has 212 valence electrons. The first kappa shape index (κ1) is 27.5. The number of carbonyl (C=O) groups is 3. The second-order valence-corrected chi connectivity index (χ2v) is 10.3. The normalized spacial score (nSPS) is 19.3. The summed E-state index contributed by atoms with van der Waals surface area (Å²) in [6, 6.07) is 7.46. The van der Waals surface area contributed by atoms with Gasteiger partial charge in [-0.1, -0.05) is 6.08 Å². The zero-order chi connectivity index (χ0) is 28.1. The number of primary amides is 1.